The normalized spacial score (nSPS) is 36.4. The summed E-state index contributed by atoms with van der Waals surface area (Å²) in [6.45, 7) is 4.03. The van der Waals surface area contributed by atoms with E-state index >= 15 is 0 Å². The number of alkyl halides is 2. The third-order valence-electron chi connectivity index (χ3n) is 5.26. The van der Waals surface area contributed by atoms with Gasteiger partial charge in [-0.1, -0.05) is 32.8 Å². The summed E-state index contributed by atoms with van der Waals surface area (Å²) in [7, 11) is 0. The Morgan fingerprint density at radius 3 is 2.42 bits per heavy atom. The van der Waals surface area contributed by atoms with Crippen LogP contribution < -0.4 is 0 Å². The summed E-state index contributed by atoms with van der Waals surface area (Å²) in [5, 5.41) is 9.95. The summed E-state index contributed by atoms with van der Waals surface area (Å²) in [6.07, 6.45) is 7.78. The number of hydrogen-bond donors (Lipinski definition) is 1. The van der Waals surface area contributed by atoms with Crippen LogP contribution in [0.4, 0.5) is 8.78 Å². The van der Waals surface area contributed by atoms with Gasteiger partial charge in [-0.05, 0) is 69.2 Å². The molecule has 3 aliphatic carbocycles. The maximum Gasteiger partial charge on any atom is 0.400 e. The summed E-state index contributed by atoms with van der Waals surface area (Å²) in [5.74, 6) is 0.125. The Labute approximate surface area is 155 Å². The Morgan fingerprint density at radius 1 is 1.21 bits per heavy atom. The van der Waals surface area contributed by atoms with Crippen LogP contribution in [0.5, 0.6) is 0 Å². The molecule has 0 spiro atoms. The number of halogens is 3. The highest BCUT2D eigenvalue weighted by molar-refractivity contribution is 14.1. The van der Waals surface area contributed by atoms with Gasteiger partial charge in [0, 0.05) is 11.3 Å². The molecule has 1 saturated carbocycles. The number of hydrogen-bond acceptors (Lipinski definition) is 2. The van der Waals surface area contributed by atoms with Crippen LogP contribution in [0.15, 0.2) is 45.5 Å². The predicted octanol–water partition coefficient (Wildman–Crippen LogP) is 6.27. The van der Waals surface area contributed by atoms with Crippen molar-refractivity contribution < 1.29 is 18.6 Å². The fourth-order valence-corrected chi connectivity index (χ4v) is 4.63. The van der Waals surface area contributed by atoms with E-state index in [1.807, 2.05) is 6.92 Å². The Morgan fingerprint density at radius 2 is 1.83 bits per heavy atom. The summed E-state index contributed by atoms with van der Waals surface area (Å²) in [5.41, 5.74) is -0.545. The van der Waals surface area contributed by atoms with Crippen molar-refractivity contribution in [3.8, 4) is 0 Å². The molecule has 132 valence electrons. The minimum atomic E-state index is -3.18. The first-order chi connectivity index (χ1) is 11.2. The van der Waals surface area contributed by atoms with E-state index in [1.54, 1.807) is 12.2 Å². The minimum Gasteiger partial charge on any atom is -0.508 e. The summed E-state index contributed by atoms with van der Waals surface area (Å²) < 4.78 is 35.5. The highest BCUT2D eigenvalue weighted by Gasteiger charge is 2.45. The van der Waals surface area contributed by atoms with Gasteiger partial charge in [0.15, 0.2) is 0 Å². The quantitative estimate of drug-likeness (QED) is 0.514. The van der Waals surface area contributed by atoms with Crippen molar-refractivity contribution in [3.05, 3.63) is 45.5 Å². The lowest BCUT2D eigenvalue weighted by molar-refractivity contribution is -0.254. The third-order valence-corrected chi connectivity index (χ3v) is 6.29. The van der Waals surface area contributed by atoms with Crippen LogP contribution in [0.3, 0.4) is 0 Å². The summed E-state index contributed by atoms with van der Waals surface area (Å²) >= 11 is 2.23. The second kappa shape index (κ2) is 6.46. The smallest absolute Gasteiger partial charge is 0.400 e. The molecule has 0 heterocycles. The second-order valence-electron chi connectivity index (χ2n) is 7.47. The van der Waals surface area contributed by atoms with Crippen molar-refractivity contribution in [1.82, 2.24) is 0 Å². The summed E-state index contributed by atoms with van der Waals surface area (Å²) in [6, 6.07) is 0. The van der Waals surface area contributed by atoms with Crippen molar-refractivity contribution in [2.45, 2.75) is 45.6 Å². The van der Waals surface area contributed by atoms with E-state index in [2.05, 4.69) is 35.6 Å². The Hall–Kier alpha value is -0.850. The van der Waals surface area contributed by atoms with E-state index < -0.39 is 17.4 Å². The van der Waals surface area contributed by atoms with Crippen molar-refractivity contribution in [3.63, 3.8) is 0 Å². The Kier molecular flexibility index (Phi) is 4.84. The number of allylic oxidation sites excluding steroid dienone is 6. The molecule has 1 fully saturated rings. The molecule has 2 unspecified atom stereocenters. The van der Waals surface area contributed by atoms with Crippen LogP contribution in [0.25, 0.3) is 0 Å². The van der Waals surface area contributed by atoms with Crippen LogP contribution >= 0.6 is 22.6 Å². The fourth-order valence-electron chi connectivity index (χ4n) is 3.60. The molecule has 0 aromatic heterocycles. The van der Waals surface area contributed by atoms with E-state index in [0.29, 0.717) is 18.8 Å². The van der Waals surface area contributed by atoms with Gasteiger partial charge in [-0.15, -0.1) is 0 Å². The largest absolute Gasteiger partial charge is 0.508 e. The topological polar surface area (TPSA) is 29.5 Å². The molecule has 24 heavy (non-hydrogen) atoms. The first-order valence-corrected chi connectivity index (χ1v) is 9.54. The van der Waals surface area contributed by atoms with Crippen LogP contribution in [0, 0.1) is 23.2 Å². The molecule has 0 aromatic carbocycles. The molecule has 3 aliphatic rings. The lowest BCUT2D eigenvalue weighted by Gasteiger charge is -2.33. The van der Waals surface area contributed by atoms with Gasteiger partial charge < -0.3 is 9.84 Å². The number of aliphatic hydroxyl groups is 1. The zero-order chi connectivity index (χ0) is 17.5. The highest BCUT2D eigenvalue weighted by atomic mass is 127. The number of rotatable bonds is 4. The van der Waals surface area contributed by atoms with Crippen LogP contribution in [0.2, 0.25) is 0 Å². The average molecular weight is 448 g/mol. The first kappa shape index (κ1) is 18.0. The van der Waals surface area contributed by atoms with Gasteiger partial charge in [0.05, 0.1) is 5.92 Å². The molecule has 2 atom stereocenters. The summed E-state index contributed by atoms with van der Waals surface area (Å²) in [4.78, 5) is 0. The van der Waals surface area contributed by atoms with Gasteiger partial charge in [-0.2, -0.15) is 8.78 Å². The van der Waals surface area contributed by atoms with E-state index in [1.165, 1.54) is 15.7 Å². The average Bonchev–Trinajstić information content (AvgIpc) is 3.24. The van der Waals surface area contributed by atoms with E-state index in [-0.39, 0.29) is 17.4 Å². The van der Waals surface area contributed by atoms with Gasteiger partial charge in [0.2, 0.25) is 0 Å². The zero-order valence-electron chi connectivity index (χ0n) is 13.9. The number of ether oxygens (including phenoxy) is 1. The molecule has 0 bridgehead atoms. The molecule has 5 heteroatoms. The zero-order valence-corrected chi connectivity index (χ0v) is 16.1. The standard InChI is InChI=1S/C19H23F2IO2/c1-12-3-5-13(6-4-12)19(20,21)24-15-8-7-14(23)10-18(2,11-15)16-9-17(16)22/h7-13,16,23H,3-6H2,1-2H3. The molecule has 0 amide bonds. The molecule has 2 nitrogen and oxygen atoms in total. The highest BCUT2D eigenvalue weighted by Crippen LogP contribution is 2.51. The van der Waals surface area contributed by atoms with E-state index in [9.17, 15) is 13.9 Å². The second-order valence-corrected chi connectivity index (χ2v) is 8.71. The van der Waals surface area contributed by atoms with Gasteiger partial charge in [0.25, 0.3) is 0 Å². The van der Waals surface area contributed by atoms with Crippen LogP contribution in [-0.4, -0.2) is 11.2 Å². The van der Waals surface area contributed by atoms with Gasteiger partial charge in [0.1, 0.15) is 11.5 Å². The van der Waals surface area contributed by atoms with Crippen molar-refractivity contribution in [2.24, 2.45) is 23.2 Å². The molecule has 3 rings (SSSR count). The first-order valence-electron chi connectivity index (χ1n) is 8.46. The molecular weight excluding hydrogens is 425 g/mol. The van der Waals surface area contributed by atoms with Crippen LogP contribution in [-0.2, 0) is 4.74 Å². The maximum atomic E-state index is 14.6. The monoisotopic (exact) mass is 448 g/mol. The Balaban J connectivity index is 1.76. The minimum absolute atomic E-state index is 0.0756. The molecule has 0 aromatic rings. The van der Waals surface area contributed by atoms with Gasteiger partial charge in [-0.25, -0.2) is 0 Å². The van der Waals surface area contributed by atoms with E-state index in [4.69, 9.17) is 4.74 Å². The lowest BCUT2D eigenvalue weighted by atomic mass is 9.82. The SMILES string of the molecule is CC1CCC(C(F)(F)OC2=CC(C)(C3C=C3I)C=C(O)C=C2)CC1. The lowest BCUT2D eigenvalue weighted by Crippen LogP contribution is -2.34. The molecule has 1 N–H and O–H groups in total. The van der Waals surface area contributed by atoms with Gasteiger partial charge in [-0.3, -0.25) is 0 Å². The molecule has 0 saturated heterocycles. The van der Waals surface area contributed by atoms with Crippen LogP contribution in [0.1, 0.15) is 39.5 Å². The van der Waals surface area contributed by atoms with Crippen molar-refractivity contribution in [2.75, 3.05) is 0 Å². The van der Waals surface area contributed by atoms with Crippen molar-refractivity contribution in [1.29, 1.82) is 0 Å². The fraction of sp³-hybridized carbons (Fsp3) is 0.579. The maximum absolute atomic E-state index is 14.6. The number of aliphatic hydroxyl groups excluding tert-OH is 1. The third kappa shape index (κ3) is 3.86. The predicted molar refractivity (Wildman–Crippen MR) is 98.8 cm³/mol. The van der Waals surface area contributed by atoms with Crippen molar-refractivity contribution >= 4 is 22.6 Å². The van der Waals surface area contributed by atoms with E-state index in [0.717, 1.165) is 12.8 Å². The molecule has 0 radical (unpaired) electrons. The molecular formula is C19H23F2IO2. The van der Waals surface area contributed by atoms with Gasteiger partial charge >= 0.3 is 6.11 Å². The Bertz CT molecular complexity index is 627. The molecule has 0 aliphatic heterocycles.